The number of carbonyl (C=O) groups excluding carboxylic acids is 1. The number of Topliss-reactive ketones (excluding diaryl/α,β-unsaturated/α-hetero) is 1. The van der Waals surface area contributed by atoms with Gasteiger partial charge in [-0.15, -0.1) is 0 Å². The van der Waals surface area contributed by atoms with Gasteiger partial charge in [-0.05, 0) is 94.0 Å². The first-order valence-corrected chi connectivity index (χ1v) is 12.4. The van der Waals surface area contributed by atoms with Crippen molar-refractivity contribution in [2.45, 2.75) is 66.1 Å². The van der Waals surface area contributed by atoms with Crippen molar-refractivity contribution in [2.24, 2.45) is 5.92 Å². The number of hydrogen-bond donors (Lipinski definition) is 0. The zero-order valence-corrected chi connectivity index (χ0v) is 22.0. The monoisotopic (exact) mass is 478 g/mol. The molecule has 2 aromatic carbocycles. The molecule has 0 aromatic heterocycles. The number of ether oxygens (including phenoxy) is 4. The number of carbonyl (C=O) groups is 1. The minimum atomic E-state index is 0.0515. The van der Waals surface area contributed by atoms with Gasteiger partial charge in [0, 0.05) is 11.1 Å². The molecule has 1 aliphatic rings. The molecule has 1 aliphatic carbocycles. The molecule has 1 saturated carbocycles. The number of hydrogen-bond acceptors (Lipinski definition) is 5. The summed E-state index contributed by atoms with van der Waals surface area (Å²) in [6.45, 7) is 10.1. The van der Waals surface area contributed by atoms with Crippen LogP contribution in [0.2, 0.25) is 0 Å². The summed E-state index contributed by atoms with van der Waals surface area (Å²) in [5, 5.41) is 0. The largest absolute Gasteiger partial charge is 0.493 e. The summed E-state index contributed by atoms with van der Waals surface area (Å²) in [4.78, 5) is 13.5. The van der Waals surface area contributed by atoms with E-state index in [1.807, 2.05) is 76.2 Å². The zero-order chi connectivity index (χ0) is 25.5. The van der Waals surface area contributed by atoms with E-state index in [9.17, 15) is 4.79 Å². The Hall–Kier alpha value is -3.21. The number of benzene rings is 2. The van der Waals surface area contributed by atoms with E-state index in [0.717, 1.165) is 41.5 Å². The van der Waals surface area contributed by atoms with E-state index in [1.165, 1.54) is 0 Å². The Morgan fingerprint density at radius 1 is 0.771 bits per heavy atom. The van der Waals surface area contributed by atoms with Gasteiger partial charge in [0.2, 0.25) is 0 Å². The summed E-state index contributed by atoms with van der Waals surface area (Å²) < 4.78 is 22.7. The highest BCUT2D eigenvalue weighted by Gasteiger charge is 2.27. The molecule has 0 radical (unpaired) electrons. The minimum absolute atomic E-state index is 0.0515. The van der Waals surface area contributed by atoms with E-state index in [2.05, 4.69) is 6.92 Å². The van der Waals surface area contributed by atoms with Crippen LogP contribution in [0.25, 0.3) is 12.2 Å². The lowest BCUT2D eigenvalue weighted by Gasteiger charge is -2.25. The summed E-state index contributed by atoms with van der Waals surface area (Å²) in [6, 6.07) is 11.6. The van der Waals surface area contributed by atoms with Gasteiger partial charge in [-0.3, -0.25) is 4.79 Å². The smallest absolute Gasteiger partial charge is 0.185 e. The number of allylic oxidation sites excluding steroid dienone is 2. The fourth-order valence-electron chi connectivity index (χ4n) is 4.28. The SMILES string of the molecule is CCC1C/C(=C\c2ccc(OC(C)C)c(OC)c2)C(=O)/C(=C/c2ccc(OC(C)C)c(OC)c2)C1. The quantitative estimate of drug-likeness (QED) is 0.359. The van der Waals surface area contributed by atoms with Crippen LogP contribution in [0.3, 0.4) is 0 Å². The van der Waals surface area contributed by atoms with Crippen LogP contribution < -0.4 is 18.9 Å². The second-order valence-electron chi connectivity index (χ2n) is 9.50. The van der Waals surface area contributed by atoms with Crippen molar-refractivity contribution >= 4 is 17.9 Å². The van der Waals surface area contributed by atoms with Gasteiger partial charge >= 0.3 is 0 Å². The molecular weight excluding hydrogens is 440 g/mol. The molecule has 0 amide bonds. The van der Waals surface area contributed by atoms with Crippen LogP contribution >= 0.6 is 0 Å². The fourth-order valence-corrected chi connectivity index (χ4v) is 4.28. The molecule has 188 valence electrons. The maximum atomic E-state index is 13.5. The van der Waals surface area contributed by atoms with Gasteiger partial charge in [-0.2, -0.15) is 0 Å². The van der Waals surface area contributed by atoms with Gasteiger partial charge < -0.3 is 18.9 Å². The Bertz CT molecular complexity index is 1010. The van der Waals surface area contributed by atoms with Gasteiger partial charge in [-0.1, -0.05) is 25.5 Å². The highest BCUT2D eigenvalue weighted by atomic mass is 16.5. The maximum absolute atomic E-state index is 13.5. The van der Waals surface area contributed by atoms with Crippen molar-refractivity contribution in [3.05, 3.63) is 58.7 Å². The highest BCUT2D eigenvalue weighted by molar-refractivity contribution is 6.14. The predicted octanol–water partition coefficient (Wildman–Crippen LogP) is 7.13. The molecule has 5 nitrogen and oxygen atoms in total. The molecule has 5 heteroatoms. The zero-order valence-electron chi connectivity index (χ0n) is 22.0. The van der Waals surface area contributed by atoms with Gasteiger partial charge in [-0.25, -0.2) is 0 Å². The number of rotatable bonds is 9. The maximum Gasteiger partial charge on any atom is 0.185 e. The first-order chi connectivity index (χ1) is 16.7. The van der Waals surface area contributed by atoms with Crippen LogP contribution in [0.5, 0.6) is 23.0 Å². The van der Waals surface area contributed by atoms with Crippen molar-refractivity contribution < 1.29 is 23.7 Å². The van der Waals surface area contributed by atoms with Crippen LogP contribution in [0.15, 0.2) is 47.5 Å². The van der Waals surface area contributed by atoms with E-state index in [-0.39, 0.29) is 18.0 Å². The molecule has 0 heterocycles. The van der Waals surface area contributed by atoms with Gasteiger partial charge in [0.15, 0.2) is 28.8 Å². The standard InChI is InChI=1S/C30H38O5/c1-8-21-13-24(15-22-9-11-26(34-19(2)3)28(17-22)32-6)30(31)25(14-21)16-23-10-12-27(35-20(4)5)29(18-23)33-7/h9-12,15-21H,8,13-14H2,1-7H3/b24-15+,25-16+. The van der Waals surface area contributed by atoms with Crippen molar-refractivity contribution in [2.75, 3.05) is 14.2 Å². The van der Waals surface area contributed by atoms with E-state index in [0.29, 0.717) is 28.9 Å². The lowest BCUT2D eigenvalue weighted by atomic mass is 9.78. The Morgan fingerprint density at radius 3 is 1.54 bits per heavy atom. The highest BCUT2D eigenvalue weighted by Crippen LogP contribution is 2.37. The summed E-state index contributed by atoms with van der Waals surface area (Å²) >= 11 is 0. The first kappa shape index (κ1) is 26.4. The average Bonchev–Trinajstić information content (AvgIpc) is 2.82. The summed E-state index contributed by atoms with van der Waals surface area (Å²) in [6.07, 6.45) is 6.62. The van der Waals surface area contributed by atoms with Crippen LogP contribution in [0.4, 0.5) is 0 Å². The third-order valence-corrected chi connectivity index (χ3v) is 5.96. The Balaban J connectivity index is 1.93. The Morgan fingerprint density at radius 2 is 1.20 bits per heavy atom. The molecule has 1 fully saturated rings. The second-order valence-corrected chi connectivity index (χ2v) is 9.50. The normalized spacial score (nSPS) is 18.4. The summed E-state index contributed by atoms with van der Waals surface area (Å²) in [5.74, 6) is 3.24. The lowest BCUT2D eigenvalue weighted by molar-refractivity contribution is -0.113. The third kappa shape index (κ3) is 6.91. The van der Waals surface area contributed by atoms with Crippen LogP contribution in [0, 0.1) is 5.92 Å². The van der Waals surface area contributed by atoms with Gasteiger partial charge in [0.25, 0.3) is 0 Å². The van der Waals surface area contributed by atoms with E-state index in [1.54, 1.807) is 14.2 Å². The first-order valence-electron chi connectivity index (χ1n) is 12.4. The molecule has 0 saturated heterocycles. The van der Waals surface area contributed by atoms with E-state index >= 15 is 0 Å². The molecular formula is C30H38O5. The molecule has 0 bridgehead atoms. The van der Waals surface area contributed by atoms with Crippen molar-refractivity contribution in [1.82, 2.24) is 0 Å². The van der Waals surface area contributed by atoms with Crippen molar-refractivity contribution in [1.29, 1.82) is 0 Å². The van der Waals surface area contributed by atoms with Crippen LogP contribution in [-0.4, -0.2) is 32.2 Å². The molecule has 35 heavy (non-hydrogen) atoms. The topological polar surface area (TPSA) is 54.0 Å². The van der Waals surface area contributed by atoms with E-state index < -0.39 is 0 Å². The molecule has 0 unspecified atom stereocenters. The van der Waals surface area contributed by atoms with Gasteiger partial charge in [0.1, 0.15) is 0 Å². The van der Waals surface area contributed by atoms with E-state index in [4.69, 9.17) is 18.9 Å². The summed E-state index contributed by atoms with van der Waals surface area (Å²) in [5.41, 5.74) is 3.49. The fraction of sp³-hybridized carbons (Fsp3) is 0.433. The molecule has 0 N–H and O–H groups in total. The second kappa shape index (κ2) is 12.0. The number of ketones is 1. The molecule has 0 atom stereocenters. The Kier molecular flexibility index (Phi) is 9.02. The summed E-state index contributed by atoms with van der Waals surface area (Å²) in [7, 11) is 3.26. The number of methoxy groups -OCH3 is 2. The molecule has 2 aromatic rings. The van der Waals surface area contributed by atoms with Crippen molar-refractivity contribution in [3.8, 4) is 23.0 Å². The van der Waals surface area contributed by atoms with Crippen LogP contribution in [0.1, 0.15) is 65.0 Å². The third-order valence-electron chi connectivity index (χ3n) is 5.96. The van der Waals surface area contributed by atoms with Gasteiger partial charge in [0.05, 0.1) is 26.4 Å². The lowest BCUT2D eigenvalue weighted by Crippen LogP contribution is -2.19. The average molecular weight is 479 g/mol. The minimum Gasteiger partial charge on any atom is -0.493 e. The molecule has 3 rings (SSSR count). The molecule has 0 spiro atoms. The predicted molar refractivity (Wildman–Crippen MR) is 141 cm³/mol. The van der Waals surface area contributed by atoms with Crippen molar-refractivity contribution in [3.63, 3.8) is 0 Å². The Labute approximate surface area is 209 Å². The van der Waals surface area contributed by atoms with Crippen LogP contribution in [-0.2, 0) is 4.79 Å². The molecule has 0 aliphatic heterocycles.